The minimum atomic E-state index is -4.81. The summed E-state index contributed by atoms with van der Waals surface area (Å²) in [4.78, 5) is 12.0. The monoisotopic (exact) mass is 646 g/mol. The number of ether oxygens (including phenoxy) is 1. The van der Waals surface area contributed by atoms with Gasteiger partial charge in [-0.1, -0.05) is 42.0 Å². The Balaban J connectivity index is 1.57. The van der Waals surface area contributed by atoms with Gasteiger partial charge in [-0.3, -0.25) is 14.0 Å². The molecule has 0 saturated carbocycles. The number of alkyl halides is 6. The molecule has 7 nitrogen and oxygen atoms in total. The van der Waals surface area contributed by atoms with Gasteiger partial charge in [0.25, 0.3) is 10.0 Å². The molecule has 0 bridgehead atoms. The zero-order valence-electron chi connectivity index (χ0n) is 21.8. The number of halogens is 7. The molecule has 1 saturated heterocycles. The average Bonchev–Trinajstić information content (AvgIpc) is 2.89. The standard InChI is InChI=1S/C28H21ClF6N2O5S/c29-22-6-2-5-21(28(33,34)35)20(22)9-7-17-8-10-24-23(11-17)37(16-26(42-24)14-36(15-26)13-25(38)39)43(40,41)19-4-1-3-18(12-19)27(30,31)32/h1-12H,13-16H2,(H,38,39)/b9-7+. The van der Waals surface area contributed by atoms with E-state index in [0.29, 0.717) is 6.07 Å². The lowest BCUT2D eigenvalue weighted by molar-refractivity contribution is -0.144. The third kappa shape index (κ3) is 6.17. The number of anilines is 1. The first-order valence-corrected chi connectivity index (χ1v) is 14.3. The summed E-state index contributed by atoms with van der Waals surface area (Å²) < 4.78 is 116. The van der Waals surface area contributed by atoms with Gasteiger partial charge in [-0.15, -0.1) is 0 Å². The molecule has 2 aliphatic rings. The topological polar surface area (TPSA) is 87.2 Å². The molecule has 0 amide bonds. The van der Waals surface area contributed by atoms with Crippen LogP contribution < -0.4 is 9.04 Å². The summed E-state index contributed by atoms with van der Waals surface area (Å²) in [7, 11) is -4.64. The zero-order valence-corrected chi connectivity index (χ0v) is 23.4. The predicted molar refractivity (Wildman–Crippen MR) is 145 cm³/mol. The molecular formula is C28H21ClF6N2O5S. The predicted octanol–water partition coefficient (Wildman–Crippen LogP) is 6.27. The van der Waals surface area contributed by atoms with E-state index >= 15 is 0 Å². The quantitative estimate of drug-likeness (QED) is 0.251. The fraction of sp³-hybridized carbons (Fsp3) is 0.250. The minimum absolute atomic E-state index is 0.0295. The van der Waals surface area contributed by atoms with Crippen LogP contribution in [0, 0.1) is 0 Å². The third-order valence-electron chi connectivity index (χ3n) is 6.94. The van der Waals surface area contributed by atoms with Crippen molar-refractivity contribution in [3.8, 4) is 5.75 Å². The highest BCUT2D eigenvalue weighted by molar-refractivity contribution is 7.92. The first-order valence-electron chi connectivity index (χ1n) is 12.5. The Labute approximate surface area is 246 Å². The van der Waals surface area contributed by atoms with Gasteiger partial charge in [-0.05, 0) is 48.0 Å². The van der Waals surface area contributed by atoms with E-state index in [2.05, 4.69) is 0 Å². The van der Waals surface area contributed by atoms with E-state index < -0.39 is 50.0 Å². The number of hydrogen-bond acceptors (Lipinski definition) is 5. The van der Waals surface area contributed by atoms with Crippen LogP contribution in [-0.2, 0) is 27.2 Å². The van der Waals surface area contributed by atoms with Crippen LogP contribution in [0.5, 0.6) is 5.75 Å². The maximum atomic E-state index is 13.8. The highest BCUT2D eigenvalue weighted by Gasteiger charge is 2.52. The van der Waals surface area contributed by atoms with Crippen LogP contribution in [0.15, 0.2) is 65.6 Å². The summed E-state index contributed by atoms with van der Waals surface area (Å²) in [5.41, 5.74) is -3.47. The van der Waals surface area contributed by atoms with Crippen LogP contribution in [0.2, 0.25) is 5.02 Å². The maximum Gasteiger partial charge on any atom is 0.417 e. The Hall–Kier alpha value is -3.75. The van der Waals surface area contributed by atoms with Crippen molar-refractivity contribution in [3.05, 3.63) is 87.9 Å². The molecule has 15 heteroatoms. The summed E-state index contributed by atoms with van der Waals surface area (Å²) in [6, 6.07) is 10.7. The first kappa shape index (κ1) is 30.7. The fourth-order valence-corrected chi connectivity index (χ4v) is 6.90. The summed E-state index contributed by atoms with van der Waals surface area (Å²) in [6.45, 7) is -0.627. The van der Waals surface area contributed by atoms with E-state index in [4.69, 9.17) is 21.4 Å². The van der Waals surface area contributed by atoms with Gasteiger partial charge < -0.3 is 9.84 Å². The van der Waals surface area contributed by atoms with Gasteiger partial charge in [-0.25, -0.2) is 8.42 Å². The lowest BCUT2D eigenvalue weighted by Crippen LogP contribution is -2.71. The fourth-order valence-electron chi connectivity index (χ4n) is 5.08. The van der Waals surface area contributed by atoms with Crippen LogP contribution >= 0.6 is 11.6 Å². The van der Waals surface area contributed by atoms with Crippen molar-refractivity contribution in [2.75, 3.05) is 30.5 Å². The molecule has 0 unspecified atom stereocenters. The van der Waals surface area contributed by atoms with Crippen LogP contribution in [0.4, 0.5) is 32.0 Å². The van der Waals surface area contributed by atoms with Gasteiger partial charge in [0.1, 0.15) is 5.75 Å². The normalized spacial score (nSPS) is 17.0. The van der Waals surface area contributed by atoms with Crippen LogP contribution in [0.1, 0.15) is 22.3 Å². The van der Waals surface area contributed by atoms with Crippen molar-refractivity contribution in [2.45, 2.75) is 22.8 Å². The molecule has 0 atom stereocenters. The number of likely N-dealkylation sites (tertiary alicyclic amines) is 1. The Morgan fingerprint density at radius 3 is 2.30 bits per heavy atom. The maximum absolute atomic E-state index is 13.8. The summed E-state index contributed by atoms with van der Waals surface area (Å²) in [5.74, 6) is -1.06. The number of carbonyl (C=O) groups is 1. The van der Waals surface area contributed by atoms with Crippen molar-refractivity contribution in [3.63, 3.8) is 0 Å². The number of carboxylic acid groups (broad SMARTS) is 1. The number of sulfonamides is 1. The van der Waals surface area contributed by atoms with Gasteiger partial charge in [0.15, 0.2) is 5.60 Å². The highest BCUT2D eigenvalue weighted by Crippen LogP contribution is 2.44. The van der Waals surface area contributed by atoms with Gasteiger partial charge in [0.2, 0.25) is 0 Å². The largest absolute Gasteiger partial charge is 0.480 e. The van der Waals surface area contributed by atoms with Crippen LogP contribution in [0.25, 0.3) is 12.2 Å². The van der Waals surface area contributed by atoms with E-state index in [1.807, 2.05) is 0 Å². The van der Waals surface area contributed by atoms with Gasteiger partial charge in [0, 0.05) is 23.7 Å². The molecule has 1 spiro atoms. The molecule has 1 fully saturated rings. The van der Waals surface area contributed by atoms with Gasteiger partial charge >= 0.3 is 18.3 Å². The Morgan fingerprint density at radius 2 is 1.65 bits per heavy atom. The molecule has 5 rings (SSSR count). The molecule has 3 aromatic carbocycles. The number of rotatable bonds is 6. The Kier molecular flexibility index (Phi) is 7.68. The molecule has 228 valence electrons. The van der Waals surface area contributed by atoms with Crippen molar-refractivity contribution < 1.29 is 49.4 Å². The minimum Gasteiger partial charge on any atom is -0.480 e. The second-order valence-corrected chi connectivity index (χ2v) is 12.4. The number of fused-ring (bicyclic) bond motifs is 1. The van der Waals surface area contributed by atoms with Gasteiger partial charge in [-0.2, -0.15) is 26.3 Å². The molecular weight excluding hydrogens is 626 g/mol. The lowest BCUT2D eigenvalue weighted by Gasteiger charge is -2.53. The number of aliphatic carboxylic acids is 1. The third-order valence-corrected chi connectivity index (χ3v) is 9.03. The Morgan fingerprint density at radius 1 is 0.953 bits per heavy atom. The van der Waals surface area contributed by atoms with Crippen molar-refractivity contribution in [2.24, 2.45) is 0 Å². The first-order chi connectivity index (χ1) is 20.0. The van der Waals surface area contributed by atoms with Crippen molar-refractivity contribution >= 4 is 45.4 Å². The lowest BCUT2D eigenvalue weighted by atomic mass is 9.91. The highest BCUT2D eigenvalue weighted by atomic mass is 35.5. The second kappa shape index (κ2) is 10.8. The SMILES string of the molecule is O=C(O)CN1CC2(C1)CN(S(=O)(=O)c1cccc(C(F)(F)F)c1)c1cc(/C=C/c3c(Cl)cccc3C(F)(F)F)ccc1O2. The van der Waals surface area contributed by atoms with E-state index in [1.54, 1.807) is 0 Å². The number of carboxylic acids is 1. The van der Waals surface area contributed by atoms with Gasteiger partial charge in [0.05, 0.1) is 34.8 Å². The van der Waals surface area contributed by atoms with E-state index in [0.717, 1.165) is 40.7 Å². The number of benzene rings is 3. The molecule has 0 aromatic heterocycles. The molecule has 43 heavy (non-hydrogen) atoms. The van der Waals surface area contributed by atoms with Crippen LogP contribution in [0.3, 0.4) is 0 Å². The van der Waals surface area contributed by atoms with Crippen LogP contribution in [-0.4, -0.2) is 56.2 Å². The average molecular weight is 647 g/mol. The van der Waals surface area contributed by atoms with E-state index in [1.165, 1.54) is 35.2 Å². The smallest absolute Gasteiger partial charge is 0.417 e. The molecule has 1 N–H and O–H groups in total. The molecule has 0 aliphatic carbocycles. The second-order valence-electron chi connectivity index (χ2n) is 10.1. The molecule has 2 aliphatic heterocycles. The van der Waals surface area contributed by atoms with Crippen molar-refractivity contribution in [1.29, 1.82) is 0 Å². The summed E-state index contributed by atoms with van der Waals surface area (Å²) >= 11 is 6.03. The zero-order chi connectivity index (χ0) is 31.4. The number of nitrogens with zero attached hydrogens (tertiary/aromatic N) is 2. The number of hydrogen-bond donors (Lipinski definition) is 1. The molecule has 3 aromatic rings. The Bertz CT molecular complexity index is 1720. The molecule has 2 heterocycles. The van der Waals surface area contributed by atoms with E-state index in [9.17, 15) is 39.6 Å². The van der Waals surface area contributed by atoms with Crippen molar-refractivity contribution in [1.82, 2.24) is 4.90 Å². The summed E-state index contributed by atoms with van der Waals surface area (Å²) in [5, 5.41) is 8.93. The van der Waals surface area contributed by atoms with E-state index in [-0.39, 0.29) is 53.8 Å². The molecule has 0 radical (unpaired) electrons. The summed E-state index contributed by atoms with van der Waals surface area (Å²) in [6.07, 6.45) is -7.10.